The summed E-state index contributed by atoms with van der Waals surface area (Å²) in [7, 11) is 3.10. The fraction of sp³-hybridized carbons (Fsp3) is 0.263. The summed E-state index contributed by atoms with van der Waals surface area (Å²) >= 11 is 0. The lowest BCUT2D eigenvalue weighted by Gasteiger charge is -2.15. The van der Waals surface area contributed by atoms with Gasteiger partial charge in [0.1, 0.15) is 11.6 Å². The molecule has 0 bridgehead atoms. The van der Waals surface area contributed by atoms with E-state index in [0.717, 1.165) is 0 Å². The maximum atomic E-state index is 12.1. The Labute approximate surface area is 172 Å². The molecule has 1 amide bonds. The van der Waals surface area contributed by atoms with Crippen molar-refractivity contribution in [1.82, 2.24) is 24.9 Å². The molecule has 30 heavy (non-hydrogen) atoms. The van der Waals surface area contributed by atoms with Gasteiger partial charge in [-0.2, -0.15) is 9.97 Å². The van der Waals surface area contributed by atoms with Crippen molar-refractivity contribution in [3.05, 3.63) is 41.5 Å². The molecule has 0 fully saturated rings. The highest BCUT2D eigenvalue weighted by Gasteiger charge is 2.19. The highest BCUT2D eigenvalue weighted by molar-refractivity contribution is 5.96. The number of nitrogen functional groups attached to an aromatic ring is 1. The molecule has 11 heteroatoms. The molecule has 0 aliphatic rings. The lowest BCUT2D eigenvalue weighted by Crippen LogP contribution is -2.17. The molecule has 0 unspecified atom stereocenters. The molecule has 5 N–H and O–H groups in total. The molecule has 3 rings (SSSR count). The number of nitrogens with two attached hydrogens (primary N) is 2. The Kier molecular flexibility index (Phi) is 6.32. The van der Waals surface area contributed by atoms with Gasteiger partial charge >= 0.3 is 0 Å². The zero-order valence-corrected chi connectivity index (χ0v) is 16.8. The van der Waals surface area contributed by atoms with Crippen LogP contribution in [-0.2, 0) is 11.2 Å². The van der Waals surface area contributed by atoms with Gasteiger partial charge in [0.05, 0.1) is 42.4 Å². The number of aromatic nitrogens is 5. The van der Waals surface area contributed by atoms with E-state index in [1.807, 2.05) is 0 Å². The molecule has 0 radical (unpaired) electrons. The summed E-state index contributed by atoms with van der Waals surface area (Å²) in [5, 5.41) is 3.18. The van der Waals surface area contributed by atoms with Crippen LogP contribution < -0.4 is 21.5 Å². The number of hydrogen-bond donors (Lipinski definition) is 3. The van der Waals surface area contributed by atoms with Crippen LogP contribution in [0, 0.1) is 6.92 Å². The molecule has 0 aliphatic carbocycles. The molecule has 3 aromatic heterocycles. The number of nitrogens with zero attached hydrogens (tertiary/aromatic N) is 5. The number of rotatable bonds is 8. The first kappa shape index (κ1) is 20.9. The van der Waals surface area contributed by atoms with Crippen LogP contribution in [0.15, 0.2) is 24.4 Å². The first-order valence-corrected chi connectivity index (χ1v) is 8.99. The zero-order valence-electron chi connectivity index (χ0n) is 16.8. The number of nitrogens with one attached hydrogen (secondary N) is 1. The van der Waals surface area contributed by atoms with E-state index in [0.29, 0.717) is 47.5 Å². The van der Waals surface area contributed by atoms with E-state index < -0.39 is 5.91 Å². The van der Waals surface area contributed by atoms with Crippen molar-refractivity contribution in [3.63, 3.8) is 0 Å². The third-order valence-electron chi connectivity index (χ3n) is 4.12. The first-order valence-electron chi connectivity index (χ1n) is 8.99. The average Bonchev–Trinajstić information content (AvgIpc) is 2.71. The fourth-order valence-corrected chi connectivity index (χ4v) is 2.75. The Hall–Kier alpha value is -3.86. The molecule has 0 saturated carbocycles. The lowest BCUT2D eigenvalue weighted by molar-refractivity contribution is 0.0998. The summed E-state index contributed by atoms with van der Waals surface area (Å²) < 4.78 is 10.2. The van der Waals surface area contributed by atoms with Gasteiger partial charge in [-0.1, -0.05) is 0 Å². The Morgan fingerprint density at radius 2 is 1.97 bits per heavy atom. The van der Waals surface area contributed by atoms with E-state index in [2.05, 4.69) is 30.2 Å². The third kappa shape index (κ3) is 4.75. The van der Waals surface area contributed by atoms with Crippen LogP contribution in [0.1, 0.15) is 21.9 Å². The van der Waals surface area contributed by atoms with Crippen LogP contribution in [0.2, 0.25) is 0 Å². The van der Waals surface area contributed by atoms with Crippen LogP contribution in [0.4, 0.5) is 17.5 Å². The van der Waals surface area contributed by atoms with E-state index in [1.165, 1.54) is 7.11 Å². The maximum absolute atomic E-state index is 12.1. The predicted molar refractivity (Wildman–Crippen MR) is 110 cm³/mol. The van der Waals surface area contributed by atoms with Gasteiger partial charge in [0.15, 0.2) is 5.82 Å². The van der Waals surface area contributed by atoms with E-state index >= 15 is 0 Å². The van der Waals surface area contributed by atoms with E-state index in [9.17, 15) is 4.79 Å². The minimum absolute atomic E-state index is 0.0543. The van der Waals surface area contributed by atoms with Crippen LogP contribution >= 0.6 is 0 Å². The van der Waals surface area contributed by atoms with Crippen LogP contribution in [0.5, 0.6) is 5.88 Å². The van der Waals surface area contributed by atoms with Gasteiger partial charge in [-0.25, -0.2) is 15.0 Å². The Bertz CT molecular complexity index is 1040. The van der Waals surface area contributed by atoms with Crippen molar-refractivity contribution in [2.24, 2.45) is 5.73 Å². The number of aryl methyl sites for hydroxylation is 1. The average molecular weight is 410 g/mol. The summed E-state index contributed by atoms with van der Waals surface area (Å²) in [4.78, 5) is 33.4. The first-order chi connectivity index (χ1) is 14.4. The van der Waals surface area contributed by atoms with Gasteiger partial charge in [0.25, 0.3) is 5.91 Å². The smallest absolute Gasteiger partial charge is 0.250 e. The van der Waals surface area contributed by atoms with Gasteiger partial charge in [-0.3, -0.25) is 4.79 Å². The maximum Gasteiger partial charge on any atom is 0.250 e. The summed E-state index contributed by atoms with van der Waals surface area (Å²) in [6.45, 7) is 2.06. The van der Waals surface area contributed by atoms with Crippen LogP contribution in [0.3, 0.4) is 0 Å². The summed E-state index contributed by atoms with van der Waals surface area (Å²) in [6, 6.07) is 5.08. The number of ether oxygens (including phenoxy) is 2. The number of anilines is 3. The molecule has 0 saturated heterocycles. The van der Waals surface area contributed by atoms with E-state index in [4.69, 9.17) is 20.9 Å². The van der Waals surface area contributed by atoms with Gasteiger partial charge in [-0.15, -0.1) is 0 Å². The van der Waals surface area contributed by atoms with Crippen LogP contribution in [0.25, 0.3) is 11.4 Å². The molecule has 0 aromatic carbocycles. The van der Waals surface area contributed by atoms with Gasteiger partial charge in [0, 0.05) is 19.6 Å². The standard InChI is InChI=1S/C19H22N8O3/c1-10-23-17(27-19(21)24-10)13-8-12(16(20)28)14(6-7-29-2)26-18(13)25-11-4-5-15(30-3)22-9-11/h4-5,8-9H,6-7H2,1-3H3,(H2,20,28)(H,25,26)(H2,21,23,24,27). The largest absolute Gasteiger partial charge is 0.481 e. The van der Waals surface area contributed by atoms with Crippen molar-refractivity contribution < 1.29 is 14.3 Å². The number of carbonyl (C=O) groups excluding carboxylic acids is 1. The third-order valence-corrected chi connectivity index (χ3v) is 4.12. The minimum Gasteiger partial charge on any atom is -0.481 e. The molecule has 0 spiro atoms. The van der Waals surface area contributed by atoms with Gasteiger partial charge < -0.3 is 26.3 Å². The lowest BCUT2D eigenvalue weighted by atomic mass is 10.1. The Morgan fingerprint density at radius 1 is 1.17 bits per heavy atom. The Balaban J connectivity index is 2.15. The molecular formula is C19H22N8O3. The number of carbonyl (C=O) groups is 1. The molecule has 3 heterocycles. The number of primary amides is 1. The molecule has 0 atom stereocenters. The van der Waals surface area contributed by atoms with Crippen molar-refractivity contribution in [2.45, 2.75) is 13.3 Å². The number of methoxy groups -OCH3 is 2. The fourth-order valence-electron chi connectivity index (χ4n) is 2.75. The van der Waals surface area contributed by atoms with Gasteiger partial charge in [0.2, 0.25) is 11.8 Å². The highest BCUT2D eigenvalue weighted by Crippen LogP contribution is 2.29. The predicted octanol–water partition coefficient (Wildman–Crippen LogP) is 1.26. The molecular weight excluding hydrogens is 388 g/mol. The molecule has 0 aliphatic heterocycles. The quantitative estimate of drug-likeness (QED) is 0.492. The Morgan fingerprint density at radius 3 is 2.57 bits per heavy atom. The number of amides is 1. The molecule has 3 aromatic rings. The zero-order chi connectivity index (χ0) is 21.7. The van der Waals surface area contributed by atoms with Crippen molar-refractivity contribution in [2.75, 3.05) is 31.9 Å². The normalized spacial score (nSPS) is 10.6. The topological polar surface area (TPSA) is 164 Å². The second-order valence-electron chi connectivity index (χ2n) is 6.26. The van der Waals surface area contributed by atoms with Gasteiger partial charge in [-0.05, 0) is 19.1 Å². The van der Waals surface area contributed by atoms with Crippen LogP contribution in [-0.4, -0.2) is 51.7 Å². The number of pyridine rings is 2. The van der Waals surface area contributed by atoms with E-state index in [-0.39, 0.29) is 17.3 Å². The highest BCUT2D eigenvalue weighted by atomic mass is 16.5. The molecule has 156 valence electrons. The van der Waals surface area contributed by atoms with Crippen molar-refractivity contribution in [3.8, 4) is 17.3 Å². The SMILES string of the molecule is COCCc1nc(Nc2ccc(OC)nc2)c(-c2nc(C)nc(N)n2)cc1C(N)=O. The van der Waals surface area contributed by atoms with E-state index in [1.54, 1.807) is 38.4 Å². The summed E-state index contributed by atoms with van der Waals surface area (Å²) in [6.07, 6.45) is 1.98. The summed E-state index contributed by atoms with van der Waals surface area (Å²) in [5.74, 6) is 1.00. The van der Waals surface area contributed by atoms with Crippen molar-refractivity contribution in [1.29, 1.82) is 0 Å². The summed E-state index contributed by atoms with van der Waals surface area (Å²) in [5.41, 5.74) is 13.2. The number of hydrogen-bond acceptors (Lipinski definition) is 10. The van der Waals surface area contributed by atoms with Crippen molar-refractivity contribution >= 4 is 23.4 Å². The second-order valence-corrected chi connectivity index (χ2v) is 6.26. The second kappa shape index (κ2) is 9.09. The minimum atomic E-state index is -0.619. The monoisotopic (exact) mass is 410 g/mol. The molecule has 11 nitrogen and oxygen atoms in total.